The molecule has 2 heterocycles. The lowest BCUT2D eigenvalue weighted by molar-refractivity contribution is 0.0907. The van der Waals surface area contributed by atoms with E-state index < -0.39 is 6.10 Å². The normalized spacial score (nSPS) is 26.1. The summed E-state index contributed by atoms with van der Waals surface area (Å²) in [6.45, 7) is 2.51. The van der Waals surface area contributed by atoms with Gasteiger partial charge in [0.1, 0.15) is 11.5 Å². The Bertz CT molecular complexity index is 748. The van der Waals surface area contributed by atoms with Crippen molar-refractivity contribution in [2.45, 2.75) is 57.1 Å². The zero-order valence-electron chi connectivity index (χ0n) is 14.5. The number of aliphatic hydroxyl groups is 1. The molecule has 2 aliphatic rings. The number of rotatable bonds is 6. The van der Waals surface area contributed by atoms with Gasteiger partial charge in [0.25, 0.3) is 5.91 Å². The van der Waals surface area contributed by atoms with Crippen LogP contribution in [-0.2, 0) is 6.42 Å². The van der Waals surface area contributed by atoms with Gasteiger partial charge in [0.05, 0.1) is 6.10 Å². The molecule has 2 fully saturated rings. The molecule has 2 aromatic rings. The second-order valence-electron chi connectivity index (χ2n) is 7.23. The molecular weight excluding hydrogens is 318 g/mol. The number of hydrogen-bond acceptors (Lipinski definition) is 4. The average Bonchev–Trinajstić information content (AvgIpc) is 3.03. The first kappa shape index (κ1) is 16.3. The van der Waals surface area contributed by atoms with Gasteiger partial charge in [-0.3, -0.25) is 9.89 Å². The molecule has 0 saturated heterocycles. The first-order valence-electron chi connectivity index (χ1n) is 9.20. The summed E-state index contributed by atoms with van der Waals surface area (Å²) >= 11 is 0. The fourth-order valence-corrected chi connectivity index (χ4v) is 3.76. The van der Waals surface area contributed by atoms with Crippen molar-refractivity contribution in [2.24, 2.45) is 5.92 Å². The van der Waals surface area contributed by atoms with Crippen molar-refractivity contribution in [3.63, 3.8) is 0 Å². The van der Waals surface area contributed by atoms with Crippen LogP contribution in [0.2, 0.25) is 0 Å². The molecule has 3 atom stereocenters. The van der Waals surface area contributed by atoms with Crippen molar-refractivity contribution in [1.29, 1.82) is 0 Å². The number of H-pyrrole nitrogens is 1. The highest BCUT2D eigenvalue weighted by Gasteiger charge is 2.36. The zero-order valence-corrected chi connectivity index (χ0v) is 14.5. The van der Waals surface area contributed by atoms with Crippen LogP contribution in [0.15, 0.2) is 18.3 Å². The van der Waals surface area contributed by atoms with Crippen LogP contribution < -0.4 is 5.32 Å². The third-order valence-electron chi connectivity index (χ3n) is 5.38. The summed E-state index contributed by atoms with van der Waals surface area (Å²) in [6, 6.07) is 4.26. The second-order valence-corrected chi connectivity index (χ2v) is 7.23. The highest BCUT2D eigenvalue weighted by Crippen LogP contribution is 2.37. The minimum Gasteiger partial charge on any atom is -0.393 e. The Balaban J connectivity index is 1.34. The van der Waals surface area contributed by atoms with Crippen LogP contribution in [-0.4, -0.2) is 43.4 Å². The monoisotopic (exact) mass is 343 g/mol. The highest BCUT2D eigenvalue weighted by molar-refractivity contribution is 5.92. The Labute approximate surface area is 146 Å². The Morgan fingerprint density at radius 3 is 3.00 bits per heavy atom. The summed E-state index contributed by atoms with van der Waals surface area (Å²) in [5, 5.41) is 20.6. The minimum absolute atomic E-state index is 0.0434. The fraction of sp³-hybridized carbons (Fsp3) is 0.611. The maximum Gasteiger partial charge on any atom is 0.267 e. The number of carbonyl (C=O) groups excluding carboxylic acids is 1. The molecule has 0 radical (unpaired) electrons. The molecular formula is C18H25N5O2. The van der Waals surface area contributed by atoms with Crippen molar-refractivity contribution < 1.29 is 9.90 Å². The summed E-state index contributed by atoms with van der Waals surface area (Å²) in [5.41, 5.74) is 0.716. The van der Waals surface area contributed by atoms with Crippen LogP contribution in [0.1, 0.15) is 66.7 Å². The van der Waals surface area contributed by atoms with Crippen LogP contribution in [0.3, 0.4) is 0 Å². The largest absolute Gasteiger partial charge is 0.393 e. The van der Waals surface area contributed by atoms with Gasteiger partial charge < -0.3 is 15.0 Å². The van der Waals surface area contributed by atoms with Crippen molar-refractivity contribution >= 4 is 5.91 Å². The van der Waals surface area contributed by atoms with E-state index in [2.05, 4.69) is 25.1 Å². The van der Waals surface area contributed by atoms with Crippen molar-refractivity contribution in [2.75, 3.05) is 6.54 Å². The first-order chi connectivity index (χ1) is 12.2. The highest BCUT2D eigenvalue weighted by atomic mass is 16.3. The maximum absolute atomic E-state index is 12.5. The Hall–Kier alpha value is -2.15. The molecule has 2 saturated carbocycles. The zero-order chi connectivity index (χ0) is 17.4. The molecule has 1 amide bonds. The minimum atomic E-state index is -0.427. The number of nitrogens with zero attached hydrogens (tertiary/aromatic N) is 3. The Kier molecular flexibility index (Phi) is 4.33. The lowest BCUT2D eigenvalue weighted by Crippen LogP contribution is -2.33. The molecule has 2 aliphatic carbocycles. The van der Waals surface area contributed by atoms with E-state index in [1.54, 1.807) is 0 Å². The van der Waals surface area contributed by atoms with E-state index in [-0.39, 0.29) is 17.7 Å². The molecule has 0 aromatic carbocycles. The van der Waals surface area contributed by atoms with Crippen molar-refractivity contribution in [3.8, 4) is 0 Å². The summed E-state index contributed by atoms with van der Waals surface area (Å²) in [4.78, 5) is 17.0. The summed E-state index contributed by atoms with van der Waals surface area (Å²) in [5.74, 6) is 1.80. The van der Waals surface area contributed by atoms with Crippen LogP contribution in [0.25, 0.3) is 0 Å². The van der Waals surface area contributed by atoms with Gasteiger partial charge >= 0.3 is 0 Å². The van der Waals surface area contributed by atoms with E-state index in [4.69, 9.17) is 0 Å². The van der Waals surface area contributed by atoms with E-state index in [0.717, 1.165) is 37.3 Å². The lowest BCUT2D eigenvalue weighted by atomic mass is 10.0. The number of amides is 1. The van der Waals surface area contributed by atoms with Crippen LogP contribution in [0.4, 0.5) is 0 Å². The number of carbonyl (C=O) groups is 1. The third kappa shape index (κ3) is 3.33. The molecule has 0 bridgehead atoms. The van der Waals surface area contributed by atoms with E-state index in [1.807, 2.05) is 25.3 Å². The number of aryl methyl sites for hydroxylation is 1. The molecule has 4 rings (SSSR count). The predicted molar refractivity (Wildman–Crippen MR) is 92.3 cm³/mol. The molecule has 3 N–H and O–H groups in total. The molecule has 0 aliphatic heterocycles. The van der Waals surface area contributed by atoms with E-state index in [1.165, 1.54) is 0 Å². The van der Waals surface area contributed by atoms with Gasteiger partial charge in [-0.15, -0.1) is 0 Å². The SMILES string of the molecule is CCc1nc([C@H]2C[C@H](CNC(=O)c3cccn3C3CC3)[C@H](O)C2)n[nH]1. The van der Waals surface area contributed by atoms with Crippen LogP contribution in [0, 0.1) is 5.92 Å². The Morgan fingerprint density at radius 2 is 2.28 bits per heavy atom. The predicted octanol–water partition coefficient (Wildman–Crippen LogP) is 1.79. The topological polar surface area (TPSA) is 95.8 Å². The number of aromatic amines is 1. The molecule has 0 spiro atoms. The molecule has 7 nitrogen and oxygen atoms in total. The molecule has 7 heteroatoms. The number of hydrogen-bond donors (Lipinski definition) is 3. The standard InChI is InChI=1S/C18H25N5O2/c1-2-16-20-17(22-21-16)11-8-12(15(24)9-11)10-19-18(25)14-4-3-7-23(14)13-5-6-13/h3-4,7,11-13,15,24H,2,5-6,8-10H2,1H3,(H,19,25)(H,20,21,22)/t11-,12+,15+/m0/s1. The summed E-state index contributed by atoms with van der Waals surface area (Å²) in [6.07, 6.45) is 6.11. The van der Waals surface area contributed by atoms with Gasteiger partial charge in [0, 0.05) is 37.0 Å². The van der Waals surface area contributed by atoms with Gasteiger partial charge in [0.15, 0.2) is 5.82 Å². The first-order valence-corrected chi connectivity index (χ1v) is 9.20. The molecule has 134 valence electrons. The number of aliphatic hydroxyl groups excluding tert-OH is 1. The average molecular weight is 343 g/mol. The lowest BCUT2D eigenvalue weighted by Gasteiger charge is -2.15. The quantitative estimate of drug-likeness (QED) is 0.745. The van der Waals surface area contributed by atoms with E-state index in [0.29, 0.717) is 24.7 Å². The van der Waals surface area contributed by atoms with Crippen LogP contribution in [0.5, 0.6) is 0 Å². The van der Waals surface area contributed by atoms with Gasteiger partial charge in [-0.05, 0) is 37.8 Å². The number of nitrogens with one attached hydrogen (secondary N) is 2. The van der Waals surface area contributed by atoms with Crippen LogP contribution >= 0.6 is 0 Å². The third-order valence-corrected chi connectivity index (χ3v) is 5.38. The van der Waals surface area contributed by atoms with Gasteiger partial charge in [-0.1, -0.05) is 6.92 Å². The van der Waals surface area contributed by atoms with Crippen molar-refractivity contribution in [3.05, 3.63) is 35.7 Å². The fourth-order valence-electron chi connectivity index (χ4n) is 3.76. The molecule has 0 unspecified atom stereocenters. The Morgan fingerprint density at radius 1 is 1.44 bits per heavy atom. The number of aromatic nitrogens is 4. The van der Waals surface area contributed by atoms with E-state index >= 15 is 0 Å². The van der Waals surface area contributed by atoms with Gasteiger partial charge in [-0.2, -0.15) is 5.10 Å². The smallest absolute Gasteiger partial charge is 0.267 e. The summed E-state index contributed by atoms with van der Waals surface area (Å²) in [7, 11) is 0. The van der Waals surface area contributed by atoms with Crippen molar-refractivity contribution in [1.82, 2.24) is 25.1 Å². The molecule has 2 aromatic heterocycles. The van der Waals surface area contributed by atoms with Gasteiger partial charge in [0.2, 0.25) is 0 Å². The summed E-state index contributed by atoms with van der Waals surface area (Å²) < 4.78 is 2.06. The maximum atomic E-state index is 12.5. The van der Waals surface area contributed by atoms with E-state index in [9.17, 15) is 9.90 Å². The van der Waals surface area contributed by atoms with Gasteiger partial charge in [-0.25, -0.2) is 4.98 Å². The molecule has 25 heavy (non-hydrogen) atoms. The second kappa shape index (κ2) is 6.63.